The summed E-state index contributed by atoms with van der Waals surface area (Å²) >= 11 is 0. The third-order valence-electron chi connectivity index (χ3n) is 2.19. The molecule has 0 saturated carbocycles. The minimum Gasteiger partial charge on any atom is -0.392 e. The molecule has 0 amide bonds. The monoisotopic (exact) mass is 211 g/mol. The van der Waals surface area contributed by atoms with Gasteiger partial charge in [0.2, 0.25) is 0 Å². The highest BCUT2D eigenvalue weighted by Crippen LogP contribution is 2.00. The summed E-state index contributed by atoms with van der Waals surface area (Å²) in [5.74, 6) is 6.07. The topological polar surface area (TPSA) is 12.0 Å². The van der Waals surface area contributed by atoms with Crippen LogP contribution in [-0.2, 0) is 0 Å². The van der Waals surface area contributed by atoms with Crippen LogP contribution in [0.3, 0.4) is 0 Å². The predicted octanol–water partition coefficient (Wildman–Crippen LogP) is 3.03. The molecular weight excluding hydrogens is 194 g/mol. The van der Waals surface area contributed by atoms with Crippen molar-refractivity contribution in [3.63, 3.8) is 0 Å². The number of benzene rings is 1. The second kappa shape index (κ2) is 6.53. The van der Waals surface area contributed by atoms with E-state index in [9.17, 15) is 0 Å². The van der Waals surface area contributed by atoms with Crippen molar-refractivity contribution in [2.75, 3.05) is 7.05 Å². The van der Waals surface area contributed by atoms with Gasteiger partial charge in [-0.1, -0.05) is 35.6 Å². The van der Waals surface area contributed by atoms with E-state index in [1.165, 1.54) is 5.56 Å². The molecule has 0 saturated heterocycles. The fraction of sp³-hybridized carbons (Fsp3) is 0.200. The van der Waals surface area contributed by atoms with Crippen LogP contribution in [0.5, 0.6) is 0 Å². The van der Waals surface area contributed by atoms with Crippen LogP contribution >= 0.6 is 0 Å². The van der Waals surface area contributed by atoms with Crippen molar-refractivity contribution >= 4 is 0 Å². The average Bonchev–Trinajstić information content (AvgIpc) is 2.31. The second-order valence-corrected chi connectivity index (χ2v) is 3.59. The molecule has 0 atom stereocenters. The lowest BCUT2D eigenvalue weighted by Gasteiger charge is -1.93. The Labute approximate surface area is 97.9 Å². The first-order valence-corrected chi connectivity index (χ1v) is 5.32. The summed E-state index contributed by atoms with van der Waals surface area (Å²) < 4.78 is 0. The number of hydrogen-bond acceptors (Lipinski definition) is 1. The molecule has 0 aliphatic heterocycles. The lowest BCUT2D eigenvalue weighted by molar-refractivity contribution is 0.990. The van der Waals surface area contributed by atoms with E-state index >= 15 is 0 Å². The molecule has 1 aromatic rings. The van der Waals surface area contributed by atoms with Gasteiger partial charge in [0.05, 0.1) is 0 Å². The fourth-order valence-corrected chi connectivity index (χ4v) is 1.09. The van der Waals surface area contributed by atoms with E-state index in [0.717, 1.165) is 11.3 Å². The van der Waals surface area contributed by atoms with E-state index < -0.39 is 0 Å². The maximum absolute atomic E-state index is 3.08. The Balaban J connectivity index is 2.59. The Morgan fingerprint density at radius 1 is 1.25 bits per heavy atom. The Bertz CT molecular complexity index is 439. The van der Waals surface area contributed by atoms with Crippen LogP contribution in [0.2, 0.25) is 0 Å². The summed E-state index contributed by atoms with van der Waals surface area (Å²) in [7, 11) is 1.90. The Kier molecular flexibility index (Phi) is 4.95. The van der Waals surface area contributed by atoms with Gasteiger partial charge in [0, 0.05) is 18.3 Å². The number of rotatable bonds is 2. The van der Waals surface area contributed by atoms with Crippen molar-refractivity contribution in [1.82, 2.24) is 5.32 Å². The SMILES string of the molecule is CN/C(C)=C\C=C\C#Cc1ccc(C)cc1. The van der Waals surface area contributed by atoms with Gasteiger partial charge >= 0.3 is 0 Å². The largest absolute Gasteiger partial charge is 0.392 e. The standard InChI is InChI=1S/C15H17N/c1-13-9-11-15(12-10-13)8-6-4-5-7-14(2)16-3/h4-5,7,9-12,16H,1-3H3/b5-4+,14-7-. The van der Waals surface area contributed by atoms with Crippen LogP contribution < -0.4 is 5.32 Å². The van der Waals surface area contributed by atoms with Crippen molar-refractivity contribution in [3.8, 4) is 11.8 Å². The van der Waals surface area contributed by atoms with Crippen molar-refractivity contribution in [2.24, 2.45) is 0 Å². The van der Waals surface area contributed by atoms with Gasteiger partial charge in [0.1, 0.15) is 0 Å². The molecule has 0 aliphatic rings. The highest BCUT2D eigenvalue weighted by Gasteiger charge is 1.84. The highest BCUT2D eigenvalue weighted by molar-refractivity contribution is 5.38. The maximum atomic E-state index is 3.08. The van der Waals surface area contributed by atoms with E-state index in [0.29, 0.717) is 0 Å². The normalized spacial score (nSPS) is 11.1. The molecule has 1 heteroatoms. The van der Waals surface area contributed by atoms with Crippen molar-refractivity contribution in [1.29, 1.82) is 0 Å². The van der Waals surface area contributed by atoms with E-state index in [2.05, 4.69) is 36.2 Å². The van der Waals surface area contributed by atoms with Crippen LogP contribution in [0.1, 0.15) is 18.1 Å². The fourth-order valence-electron chi connectivity index (χ4n) is 1.09. The van der Waals surface area contributed by atoms with Gasteiger partial charge in [0.25, 0.3) is 0 Å². The molecule has 1 aromatic carbocycles. The predicted molar refractivity (Wildman–Crippen MR) is 70.0 cm³/mol. The van der Waals surface area contributed by atoms with Gasteiger partial charge < -0.3 is 5.32 Å². The summed E-state index contributed by atoms with van der Waals surface area (Å²) in [6.45, 7) is 4.08. The van der Waals surface area contributed by atoms with Gasteiger partial charge in [-0.05, 0) is 38.1 Å². The molecule has 82 valence electrons. The van der Waals surface area contributed by atoms with Crippen LogP contribution in [0.4, 0.5) is 0 Å². The van der Waals surface area contributed by atoms with Gasteiger partial charge in [-0.15, -0.1) is 0 Å². The zero-order chi connectivity index (χ0) is 11.8. The smallest absolute Gasteiger partial charge is 0.0249 e. The van der Waals surface area contributed by atoms with Gasteiger partial charge in [-0.3, -0.25) is 0 Å². The Morgan fingerprint density at radius 2 is 1.94 bits per heavy atom. The number of nitrogens with one attached hydrogen (secondary N) is 1. The van der Waals surface area contributed by atoms with Gasteiger partial charge in [-0.2, -0.15) is 0 Å². The molecule has 0 aliphatic carbocycles. The molecule has 16 heavy (non-hydrogen) atoms. The molecule has 0 fully saturated rings. The molecule has 0 aromatic heterocycles. The van der Waals surface area contributed by atoms with Crippen LogP contribution in [0.15, 0.2) is 48.2 Å². The van der Waals surface area contributed by atoms with Crippen molar-refractivity contribution in [3.05, 3.63) is 59.3 Å². The van der Waals surface area contributed by atoms with Crippen LogP contribution in [0, 0.1) is 18.8 Å². The zero-order valence-electron chi connectivity index (χ0n) is 10.0. The number of allylic oxidation sites excluding steroid dienone is 4. The molecule has 0 heterocycles. The van der Waals surface area contributed by atoms with Crippen LogP contribution in [-0.4, -0.2) is 7.05 Å². The lowest BCUT2D eigenvalue weighted by atomic mass is 10.1. The van der Waals surface area contributed by atoms with Gasteiger partial charge in [0.15, 0.2) is 0 Å². The average molecular weight is 211 g/mol. The number of aryl methyl sites for hydroxylation is 1. The molecule has 1 N–H and O–H groups in total. The van der Waals surface area contributed by atoms with E-state index in [4.69, 9.17) is 0 Å². The summed E-state index contributed by atoms with van der Waals surface area (Å²) in [5.41, 5.74) is 3.42. The van der Waals surface area contributed by atoms with E-state index in [1.54, 1.807) is 0 Å². The highest BCUT2D eigenvalue weighted by atomic mass is 14.8. The molecule has 0 radical (unpaired) electrons. The summed E-state index contributed by atoms with van der Waals surface area (Å²) in [4.78, 5) is 0. The molecule has 1 rings (SSSR count). The minimum absolute atomic E-state index is 1.05. The Hall–Kier alpha value is -1.94. The van der Waals surface area contributed by atoms with E-state index in [-0.39, 0.29) is 0 Å². The summed E-state index contributed by atoms with van der Waals surface area (Å²) in [6, 6.07) is 8.20. The third kappa shape index (κ3) is 4.52. The quantitative estimate of drug-likeness (QED) is 0.585. The molecule has 0 spiro atoms. The molecular formula is C15H17N. The maximum Gasteiger partial charge on any atom is 0.0249 e. The Morgan fingerprint density at radius 3 is 2.56 bits per heavy atom. The minimum atomic E-state index is 1.05. The van der Waals surface area contributed by atoms with Crippen molar-refractivity contribution < 1.29 is 0 Å². The second-order valence-electron chi connectivity index (χ2n) is 3.59. The zero-order valence-corrected chi connectivity index (χ0v) is 10.0. The van der Waals surface area contributed by atoms with Gasteiger partial charge in [-0.25, -0.2) is 0 Å². The molecule has 1 nitrogen and oxygen atoms in total. The van der Waals surface area contributed by atoms with Crippen molar-refractivity contribution in [2.45, 2.75) is 13.8 Å². The number of hydrogen-bond donors (Lipinski definition) is 1. The van der Waals surface area contributed by atoms with E-state index in [1.807, 2.05) is 44.3 Å². The first-order chi connectivity index (χ1) is 7.72. The van der Waals surface area contributed by atoms with Crippen LogP contribution in [0.25, 0.3) is 0 Å². The lowest BCUT2D eigenvalue weighted by Crippen LogP contribution is -2.00. The first-order valence-electron chi connectivity index (χ1n) is 5.32. The third-order valence-corrected chi connectivity index (χ3v) is 2.19. The molecule has 0 unspecified atom stereocenters. The summed E-state index contributed by atoms with van der Waals surface area (Å²) in [5, 5.41) is 3.04. The first kappa shape index (κ1) is 12.1. The summed E-state index contributed by atoms with van der Waals surface area (Å²) in [6.07, 6.45) is 5.78. The molecule has 0 bridgehead atoms.